The van der Waals surface area contributed by atoms with Crippen molar-refractivity contribution >= 4 is 15.9 Å². The van der Waals surface area contributed by atoms with Crippen LogP contribution in [0, 0.1) is 5.92 Å². The summed E-state index contributed by atoms with van der Waals surface area (Å²) in [5.74, 6) is 0.922. The van der Waals surface area contributed by atoms with Crippen LogP contribution in [0.1, 0.15) is 31.7 Å². The summed E-state index contributed by atoms with van der Waals surface area (Å²) in [5.41, 5.74) is 1.37. The molecule has 1 saturated heterocycles. The van der Waals surface area contributed by atoms with Crippen molar-refractivity contribution in [3.05, 3.63) is 34.3 Å². The quantitative estimate of drug-likeness (QED) is 0.889. The minimum Gasteiger partial charge on any atom is -0.313 e. The molecular weight excluding hydrogens is 300 g/mol. The van der Waals surface area contributed by atoms with Gasteiger partial charge >= 0.3 is 0 Å². The summed E-state index contributed by atoms with van der Waals surface area (Å²) in [5, 5.41) is 3.66. The molecule has 2 unspecified atom stereocenters. The Morgan fingerprint density at radius 2 is 2.26 bits per heavy atom. The molecule has 19 heavy (non-hydrogen) atoms. The van der Waals surface area contributed by atoms with Gasteiger partial charge in [-0.25, -0.2) is 0 Å². The number of hydrogen-bond donors (Lipinski definition) is 1. The van der Waals surface area contributed by atoms with Gasteiger partial charge in [0.25, 0.3) is 0 Å². The van der Waals surface area contributed by atoms with Crippen molar-refractivity contribution in [2.45, 2.75) is 38.8 Å². The van der Waals surface area contributed by atoms with Crippen LogP contribution in [-0.4, -0.2) is 31.1 Å². The highest BCUT2D eigenvalue weighted by Crippen LogP contribution is 2.20. The Morgan fingerprint density at radius 3 is 3.00 bits per heavy atom. The third-order valence-electron chi connectivity index (χ3n) is 4.05. The summed E-state index contributed by atoms with van der Waals surface area (Å²) in [4.78, 5) is 2.43. The highest BCUT2D eigenvalue weighted by Gasteiger charge is 2.21. The molecule has 1 aromatic carbocycles. The SMILES string of the molecule is CCC1CCNC(CN(C)Cc2cccc(Br)c2)C1. The van der Waals surface area contributed by atoms with Crippen molar-refractivity contribution in [2.75, 3.05) is 20.1 Å². The average molecular weight is 325 g/mol. The summed E-state index contributed by atoms with van der Waals surface area (Å²) in [6, 6.07) is 9.26. The van der Waals surface area contributed by atoms with E-state index >= 15 is 0 Å². The van der Waals surface area contributed by atoms with Gasteiger partial charge in [-0.2, -0.15) is 0 Å². The Kier molecular flexibility index (Phi) is 5.86. The lowest BCUT2D eigenvalue weighted by molar-refractivity contribution is 0.220. The van der Waals surface area contributed by atoms with Gasteiger partial charge in [0.15, 0.2) is 0 Å². The van der Waals surface area contributed by atoms with E-state index in [1.54, 1.807) is 0 Å². The Hall–Kier alpha value is -0.380. The summed E-state index contributed by atoms with van der Waals surface area (Å²) in [6.07, 6.45) is 4.01. The van der Waals surface area contributed by atoms with E-state index in [2.05, 4.69) is 64.4 Å². The topological polar surface area (TPSA) is 15.3 Å². The van der Waals surface area contributed by atoms with Crippen LogP contribution < -0.4 is 5.32 Å². The first kappa shape index (κ1) is 15.0. The first-order chi connectivity index (χ1) is 9.17. The highest BCUT2D eigenvalue weighted by atomic mass is 79.9. The van der Waals surface area contributed by atoms with Gasteiger partial charge in [0.2, 0.25) is 0 Å². The highest BCUT2D eigenvalue weighted by molar-refractivity contribution is 9.10. The second-order valence-electron chi connectivity index (χ2n) is 5.78. The number of piperidine rings is 1. The number of nitrogens with one attached hydrogen (secondary N) is 1. The molecule has 0 amide bonds. The van der Waals surface area contributed by atoms with E-state index in [0.29, 0.717) is 6.04 Å². The first-order valence-corrected chi connectivity index (χ1v) is 8.13. The Balaban J connectivity index is 1.82. The molecule has 1 aliphatic heterocycles. The van der Waals surface area contributed by atoms with E-state index < -0.39 is 0 Å². The molecule has 3 heteroatoms. The molecular formula is C16H25BrN2. The molecule has 0 spiro atoms. The summed E-state index contributed by atoms with van der Waals surface area (Å²) >= 11 is 3.54. The smallest absolute Gasteiger partial charge is 0.0231 e. The molecule has 2 nitrogen and oxygen atoms in total. The second kappa shape index (κ2) is 7.41. The van der Waals surface area contributed by atoms with Crippen LogP contribution in [0.25, 0.3) is 0 Å². The molecule has 0 aliphatic carbocycles. The standard InChI is InChI=1S/C16H25BrN2/c1-3-13-7-8-18-16(10-13)12-19(2)11-14-5-4-6-15(17)9-14/h4-6,9,13,16,18H,3,7-8,10-12H2,1-2H3. The van der Waals surface area contributed by atoms with Crippen LogP contribution in [0.2, 0.25) is 0 Å². The summed E-state index contributed by atoms with van der Waals surface area (Å²) < 4.78 is 1.17. The fourth-order valence-corrected chi connectivity index (χ4v) is 3.44. The third-order valence-corrected chi connectivity index (χ3v) is 4.55. The van der Waals surface area contributed by atoms with Crippen molar-refractivity contribution in [3.8, 4) is 0 Å². The third kappa shape index (κ3) is 4.90. The van der Waals surface area contributed by atoms with Crippen LogP contribution in [-0.2, 0) is 6.54 Å². The van der Waals surface area contributed by atoms with Crippen molar-refractivity contribution in [2.24, 2.45) is 5.92 Å². The number of rotatable bonds is 5. The largest absolute Gasteiger partial charge is 0.313 e. The van der Waals surface area contributed by atoms with Crippen LogP contribution in [0.4, 0.5) is 0 Å². The van der Waals surface area contributed by atoms with Crippen LogP contribution in [0.5, 0.6) is 0 Å². The van der Waals surface area contributed by atoms with E-state index in [-0.39, 0.29) is 0 Å². The Labute approximate surface area is 125 Å². The van der Waals surface area contributed by atoms with E-state index in [9.17, 15) is 0 Å². The zero-order valence-corrected chi connectivity index (χ0v) is 13.6. The van der Waals surface area contributed by atoms with Crippen LogP contribution in [0.3, 0.4) is 0 Å². The lowest BCUT2D eigenvalue weighted by Gasteiger charge is -2.32. The van der Waals surface area contributed by atoms with Gasteiger partial charge in [-0.1, -0.05) is 41.4 Å². The molecule has 106 valence electrons. The van der Waals surface area contributed by atoms with Gasteiger partial charge in [-0.05, 0) is 50.0 Å². The number of benzene rings is 1. The van der Waals surface area contributed by atoms with Gasteiger partial charge in [0, 0.05) is 23.6 Å². The maximum atomic E-state index is 3.66. The maximum Gasteiger partial charge on any atom is 0.0231 e. The molecule has 1 fully saturated rings. The molecule has 0 radical (unpaired) electrons. The normalized spacial score (nSPS) is 23.8. The Morgan fingerprint density at radius 1 is 1.42 bits per heavy atom. The van der Waals surface area contributed by atoms with Crippen molar-refractivity contribution in [1.29, 1.82) is 0 Å². The molecule has 0 bridgehead atoms. The zero-order chi connectivity index (χ0) is 13.7. The lowest BCUT2D eigenvalue weighted by Crippen LogP contribution is -2.44. The van der Waals surface area contributed by atoms with E-state index in [1.807, 2.05) is 0 Å². The van der Waals surface area contributed by atoms with Gasteiger partial charge in [-0.15, -0.1) is 0 Å². The predicted octanol–water partition coefficient (Wildman–Crippen LogP) is 3.66. The minimum atomic E-state index is 0.663. The number of likely N-dealkylation sites (N-methyl/N-ethyl adjacent to an activating group) is 1. The van der Waals surface area contributed by atoms with E-state index in [4.69, 9.17) is 0 Å². The molecule has 1 aromatic rings. The molecule has 0 saturated carbocycles. The molecule has 1 heterocycles. The van der Waals surface area contributed by atoms with Crippen molar-refractivity contribution in [3.63, 3.8) is 0 Å². The molecule has 0 aromatic heterocycles. The predicted molar refractivity (Wildman–Crippen MR) is 85.3 cm³/mol. The van der Waals surface area contributed by atoms with Crippen molar-refractivity contribution in [1.82, 2.24) is 10.2 Å². The first-order valence-electron chi connectivity index (χ1n) is 7.33. The second-order valence-corrected chi connectivity index (χ2v) is 6.69. The fraction of sp³-hybridized carbons (Fsp3) is 0.625. The van der Waals surface area contributed by atoms with Crippen LogP contribution >= 0.6 is 15.9 Å². The lowest BCUT2D eigenvalue weighted by atomic mass is 9.90. The van der Waals surface area contributed by atoms with Crippen molar-refractivity contribution < 1.29 is 0 Å². The Bertz CT molecular complexity index is 394. The number of hydrogen-bond acceptors (Lipinski definition) is 2. The molecule has 2 atom stereocenters. The molecule has 1 N–H and O–H groups in total. The van der Waals surface area contributed by atoms with Gasteiger partial charge < -0.3 is 10.2 Å². The molecule has 2 rings (SSSR count). The monoisotopic (exact) mass is 324 g/mol. The van der Waals surface area contributed by atoms with E-state index in [0.717, 1.165) is 19.0 Å². The molecule has 1 aliphatic rings. The van der Waals surface area contributed by atoms with Gasteiger partial charge in [0.05, 0.1) is 0 Å². The van der Waals surface area contributed by atoms with Gasteiger partial charge in [-0.3, -0.25) is 0 Å². The zero-order valence-electron chi connectivity index (χ0n) is 12.0. The summed E-state index contributed by atoms with van der Waals surface area (Å²) in [6.45, 7) is 5.67. The summed E-state index contributed by atoms with van der Waals surface area (Å²) in [7, 11) is 2.22. The fourth-order valence-electron chi connectivity index (χ4n) is 2.99. The minimum absolute atomic E-state index is 0.663. The number of nitrogens with zero attached hydrogens (tertiary/aromatic N) is 1. The van der Waals surface area contributed by atoms with E-state index in [1.165, 1.54) is 35.8 Å². The van der Waals surface area contributed by atoms with Gasteiger partial charge in [0.1, 0.15) is 0 Å². The number of halogens is 1. The van der Waals surface area contributed by atoms with Crippen LogP contribution in [0.15, 0.2) is 28.7 Å². The maximum absolute atomic E-state index is 3.66. The average Bonchev–Trinajstić information content (AvgIpc) is 2.38.